The lowest BCUT2D eigenvalue weighted by Crippen LogP contribution is -2.10. The van der Waals surface area contributed by atoms with Crippen molar-refractivity contribution in [3.8, 4) is 0 Å². The standard InChI is InChI=1S/C24H31N5O.C4H8/c1-6-19(12-11-15(2)18(5)30)24-28-21(22-23(25)26-13-14-29(22)24)17(4)27-20-10-8-7-9-16(20)3;1-4-2-3-4/h7-10,13-15,19,27H,4,6,11-12H2,1-3,5H3,(H2,25,26);4H,2-3H2,1H3/t15-,19?;/m0./s1. The number of hydrogen-bond donors (Lipinski definition) is 2. The van der Waals surface area contributed by atoms with Crippen LogP contribution in [-0.4, -0.2) is 20.2 Å². The number of para-hydroxylation sites is 1. The number of nitrogen functional groups attached to an aromatic ring is 1. The summed E-state index contributed by atoms with van der Waals surface area (Å²) in [6, 6.07) is 8.05. The molecule has 0 saturated heterocycles. The average molecular weight is 462 g/mol. The van der Waals surface area contributed by atoms with E-state index in [1.807, 2.05) is 48.7 Å². The molecule has 4 rings (SSSR count). The fraction of sp³-hybridized carbons (Fsp3) is 0.464. The number of aryl methyl sites for hydroxylation is 1. The molecular formula is C28H39N5O. The van der Waals surface area contributed by atoms with Crippen molar-refractivity contribution >= 4 is 28.5 Å². The van der Waals surface area contributed by atoms with Gasteiger partial charge in [-0.1, -0.05) is 58.4 Å². The topological polar surface area (TPSA) is 85.3 Å². The van der Waals surface area contributed by atoms with Gasteiger partial charge in [-0.2, -0.15) is 0 Å². The predicted octanol–water partition coefficient (Wildman–Crippen LogP) is 6.62. The molecule has 1 unspecified atom stereocenters. The molecule has 1 aromatic carbocycles. The summed E-state index contributed by atoms with van der Waals surface area (Å²) in [5.74, 6) is 2.92. The van der Waals surface area contributed by atoms with E-state index in [9.17, 15) is 4.79 Å². The SMILES string of the molecule is C=C(Nc1ccccc1C)c1nc(C(CC)CC[C@H](C)C(C)=O)n2ccnc(N)c12.CC1CC1. The van der Waals surface area contributed by atoms with Crippen LogP contribution in [0.5, 0.6) is 0 Å². The summed E-state index contributed by atoms with van der Waals surface area (Å²) in [5.41, 5.74) is 10.5. The van der Waals surface area contributed by atoms with Crippen LogP contribution in [0.15, 0.2) is 43.2 Å². The number of fused-ring (bicyclic) bond motifs is 1. The second-order valence-electron chi connectivity index (χ2n) is 9.64. The third-order valence-electron chi connectivity index (χ3n) is 6.69. The van der Waals surface area contributed by atoms with Crippen LogP contribution in [0, 0.1) is 18.8 Å². The van der Waals surface area contributed by atoms with Crippen LogP contribution in [-0.2, 0) is 4.79 Å². The summed E-state index contributed by atoms with van der Waals surface area (Å²) in [6.45, 7) is 14.3. The molecule has 3 N–H and O–H groups in total. The summed E-state index contributed by atoms with van der Waals surface area (Å²) in [4.78, 5) is 20.9. The summed E-state index contributed by atoms with van der Waals surface area (Å²) >= 11 is 0. The highest BCUT2D eigenvalue weighted by molar-refractivity contribution is 5.87. The Balaban J connectivity index is 0.000000732. The van der Waals surface area contributed by atoms with Crippen molar-refractivity contribution in [3.05, 3.63) is 60.3 Å². The van der Waals surface area contributed by atoms with Crippen LogP contribution in [0.4, 0.5) is 11.5 Å². The van der Waals surface area contributed by atoms with Crippen molar-refractivity contribution < 1.29 is 4.79 Å². The first-order valence-electron chi connectivity index (χ1n) is 12.4. The number of ketones is 1. The molecule has 6 nitrogen and oxygen atoms in total. The normalized spacial score (nSPS) is 14.7. The van der Waals surface area contributed by atoms with Crippen molar-refractivity contribution in [3.63, 3.8) is 0 Å². The van der Waals surface area contributed by atoms with Crippen molar-refractivity contribution in [2.45, 2.75) is 72.6 Å². The van der Waals surface area contributed by atoms with E-state index in [1.54, 1.807) is 13.1 Å². The number of nitrogens with one attached hydrogen (secondary N) is 1. The third-order valence-corrected chi connectivity index (χ3v) is 6.69. The van der Waals surface area contributed by atoms with Gasteiger partial charge in [0.05, 0.1) is 5.70 Å². The number of nitrogens with zero attached hydrogens (tertiary/aromatic N) is 3. The highest BCUT2D eigenvalue weighted by atomic mass is 16.1. The van der Waals surface area contributed by atoms with Gasteiger partial charge in [0.25, 0.3) is 0 Å². The maximum absolute atomic E-state index is 11.7. The number of rotatable bonds is 9. The highest BCUT2D eigenvalue weighted by Crippen LogP contribution is 2.32. The van der Waals surface area contributed by atoms with Gasteiger partial charge in [0.15, 0.2) is 0 Å². The van der Waals surface area contributed by atoms with Crippen LogP contribution < -0.4 is 11.1 Å². The number of hydrogen-bond acceptors (Lipinski definition) is 5. The van der Waals surface area contributed by atoms with Gasteiger partial charge in [-0.25, -0.2) is 9.97 Å². The van der Waals surface area contributed by atoms with Crippen molar-refractivity contribution in [2.75, 3.05) is 11.1 Å². The Hall–Kier alpha value is -3.15. The van der Waals surface area contributed by atoms with E-state index in [2.05, 4.69) is 30.7 Å². The molecule has 0 spiro atoms. The molecule has 1 fully saturated rings. The molecule has 2 heterocycles. The smallest absolute Gasteiger partial charge is 0.150 e. The molecule has 34 heavy (non-hydrogen) atoms. The lowest BCUT2D eigenvalue weighted by Gasteiger charge is -2.16. The van der Waals surface area contributed by atoms with Crippen LogP contribution in [0.2, 0.25) is 0 Å². The maximum Gasteiger partial charge on any atom is 0.150 e. The number of anilines is 2. The Morgan fingerprint density at radius 2 is 1.97 bits per heavy atom. The maximum atomic E-state index is 11.7. The molecule has 3 aromatic rings. The van der Waals surface area contributed by atoms with E-state index in [1.165, 1.54) is 12.8 Å². The number of benzene rings is 1. The lowest BCUT2D eigenvalue weighted by molar-refractivity contribution is -0.120. The quantitative estimate of drug-likeness (QED) is 0.374. The molecule has 1 aliphatic rings. The fourth-order valence-electron chi connectivity index (χ4n) is 3.86. The minimum Gasteiger partial charge on any atom is -0.382 e. The molecule has 182 valence electrons. The van der Waals surface area contributed by atoms with Crippen LogP contribution in [0.1, 0.15) is 82.8 Å². The fourth-order valence-corrected chi connectivity index (χ4v) is 3.86. The Morgan fingerprint density at radius 3 is 2.56 bits per heavy atom. The molecule has 1 aliphatic carbocycles. The zero-order valence-electron chi connectivity index (χ0n) is 21.3. The number of Topliss-reactive ketones (excluding diaryl/α,β-unsaturated/α-hetero) is 1. The van der Waals surface area contributed by atoms with Gasteiger partial charge in [-0.05, 0) is 50.7 Å². The summed E-state index contributed by atoms with van der Waals surface area (Å²) in [6.07, 6.45) is 9.20. The van der Waals surface area contributed by atoms with E-state index in [0.29, 0.717) is 17.2 Å². The van der Waals surface area contributed by atoms with E-state index in [0.717, 1.165) is 47.8 Å². The first-order chi connectivity index (χ1) is 16.2. The number of aromatic nitrogens is 3. The van der Waals surface area contributed by atoms with E-state index >= 15 is 0 Å². The van der Waals surface area contributed by atoms with Crippen molar-refractivity contribution in [1.29, 1.82) is 0 Å². The number of carbonyl (C=O) groups is 1. The zero-order chi connectivity index (χ0) is 24.8. The Bertz CT molecular complexity index is 1140. The molecule has 1 saturated carbocycles. The van der Waals surface area contributed by atoms with Crippen LogP contribution in [0.25, 0.3) is 11.2 Å². The Kier molecular flexibility index (Phi) is 8.48. The van der Waals surface area contributed by atoms with Gasteiger partial charge in [-0.15, -0.1) is 0 Å². The van der Waals surface area contributed by atoms with Gasteiger partial charge < -0.3 is 11.1 Å². The lowest BCUT2D eigenvalue weighted by atomic mass is 9.92. The molecule has 0 radical (unpaired) electrons. The molecule has 0 bridgehead atoms. The van der Waals surface area contributed by atoms with Crippen LogP contribution >= 0.6 is 0 Å². The summed E-state index contributed by atoms with van der Waals surface area (Å²) < 4.78 is 2.02. The van der Waals surface area contributed by atoms with Gasteiger partial charge in [0.2, 0.25) is 0 Å². The van der Waals surface area contributed by atoms with Crippen molar-refractivity contribution in [1.82, 2.24) is 14.4 Å². The second kappa shape index (κ2) is 11.3. The Labute approximate surface area is 203 Å². The predicted molar refractivity (Wildman–Crippen MR) is 142 cm³/mol. The van der Waals surface area contributed by atoms with Gasteiger partial charge in [-0.3, -0.25) is 9.20 Å². The summed E-state index contributed by atoms with van der Waals surface area (Å²) in [5, 5.41) is 3.38. The second-order valence-corrected chi connectivity index (χ2v) is 9.64. The summed E-state index contributed by atoms with van der Waals surface area (Å²) in [7, 11) is 0. The zero-order valence-corrected chi connectivity index (χ0v) is 21.3. The molecule has 2 atom stereocenters. The largest absolute Gasteiger partial charge is 0.382 e. The molecule has 6 heteroatoms. The van der Waals surface area contributed by atoms with E-state index in [-0.39, 0.29) is 17.6 Å². The third kappa shape index (κ3) is 6.25. The first-order valence-corrected chi connectivity index (χ1v) is 12.4. The van der Waals surface area contributed by atoms with Gasteiger partial charge in [0.1, 0.15) is 28.6 Å². The van der Waals surface area contributed by atoms with Crippen LogP contribution in [0.3, 0.4) is 0 Å². The minimum absolute atomic E-state index is 0.0502. The monoisotopic (exact) mass is 461 g/mol. The minimum atomic E-state index is 0.0502. The number of imidazole rings is 1. The van der Waals surface area contributed by atoms with Gasteiger partial charge >= 0.3 is 0 Å². The number of nitrogens with two attached hydrogens (primary N) is 1. The number of carbonyl (C=O) groups excluding carboxylic acids is 1. The van der Waals surface area contributed by atoms with E-state index in [4.69, 9.17) is 10.7 Å². The molecule has 0 aliphatic heterocycles. The van der Waals surface area contributed by atoms with Gasteiger partial charge in [0, 0.05) is 29.9 Å². The van der Waals surface area contributed by atoms with E-state index < -0.39 is 0 Å². The first kappa shape index (κ1) is 25.5. The highest BCUT2D eigenvalue weighted by Gasteiger charge is 2.23. The molecular weight excluding hydrogens is 422 g/mol. The van der Waals surface area contributed by atoms with Crippen molar-refractivity contribution in [2.24, 2.45) is 11.8 Å². The average Bonchev–Trinajstić information content (AvgIpc) is 3.49. The Morgan fingerprint density at radius 1 is 1.29 bits per heavy atom. The molecule has 0 amide bonds. The molecule has 2 aromatic heterocycles.